The molecule has 0 spiro atoms. The highest BCUT2D eigenvalue weighted by molar-refractivity contribution is 6.35. The van der Waals surface area contributed by atoms with E-state index in [4.69, 9.17) is 38.1 Å². The number of fused-ring (bicyclic) bond motifs is 2. The summed E-state index contributed by atoms with van der Waals surface area (Å²) in [5.41, 5.74) is -3.24. The van der Waals surface area contributed by atoms with Crippen LogP contribution < -0.4 is 0 Å². The molecule has 132 valence electrons. The van der Waals surface area contributed by atoms with Gasteiger partial charge in [-0.25, -0.2) is 0 Å². The molecule has 2 saturated heterocycles. The Balaban J connectivity index is 2.35. The summed E-state index contributed by atoms with van der Waals surface area (Å²) in [7, 11) is 0. The number of nitrogens with one attached hydrogen (secondary N) is 1. The van der Waals surface area contributed by atoms with Gasteiger partial charge >= 0.3 is 0 Å². The monoisotopic (exact) mass is 388 g/mol. The standard InChI is InChI=1S/C18H14Cl2N4O2/c1-3-14-16(7-21,8-22)17(9-23)10(2)18(25-14,26-15(17)24)12-5-4-11(19)6-13(12)20/h4-6,10,14,24H,3H2,1-2H3. The zero-order valence-corrected chi connectivity index (χ0v) is 15.5. The van der Waals surface area contributed by atoms with E-state index in [2.05, 4.69) is 0 Å². The Labute approximate surface area is 160 Å². The summed E-state index contributed by atoms with van der Waals surface area (Å²) >= 11 is 12.3. The number of ether oxygens (including phenoxy) is 2. The summed E-state index contributed by atoms with van der Waals surface area (Å²) in [6.07, 6.45) is -0.663. The summed E-state index contributed by atoms with van der Waals surface area (Å²) in [4.78, 5) is 0. The van der Waals surface area contributed by atoms with Crippen molar-refractivity contribution in [2.24, 2.45) is 16.7 Å². The van der Waals surface area contributed by atoms with Gasteiger partial charge < -0.3 is 9.47 Å². The summed E-state index contributed by atoms with van der Waals surface area (Å²) in [6.45, 7) is 3.38. The van der Waals surface area contributed by atoms with Gasteiger partial charge in [0.2, 0.25) is 11.7 Å². The van der Waals surface area contributed by atoms with Crippen LogP contribution in [0.2, 0.25) is 10.0 Å². The first-order chi connectivity index (χ1) is 12.3. The molecular formula is C18H14Cl2N4O2. The lowest BCUT2D eigenvalue weighted by Crippen LogP contribution is -2.60. The van der Waals surface area contributed by atoms with E-state index in [1.807, 2.05) is 18.2 Å². The van der Waals surface area contributed by atoms with Crippen molar-refractivity contribution in [2.75, 3.05) is 0 Å². The highest BCUT2D eigenvalue weighted by Crippen LogP contribution is 2.66. The number of hydrogen-bond acceptors (Lipinski definition) is 6. The average molecular weight is 389 g/mol. The molecule has 8 heteroatoms. The van der Waals surface area contributed by atoms with Crippen molar-refractivity contribution in [3.63, 3.8) is 0 Å². The van der Waals surface area contributed by atoms with Crippen molar-refractivity contribution >= 4 is 29.1 Å². The average Bonchev–Trinajstić information content (AvgIpc) is 2.78. The molecule has 1 aromatic carbocycles. The Morgan fingerprint density at radius 2 is 1.85 bits per heavy atom. The molecule has 0 aromatic heterocycles. The SMILES string of the molecule is CCC1OC2(c3ccc(Cl)cc3Cl)OC(=N)C(C#N)(C2C)C1(C#N)C#N. The topological polar surface area (TPSA) is 114 Å². The Hall–Kier alpha value is -2.30. The van der Waals surface area contributed by atoms with Gasteiger partial charge in [0.15, 0.2) is 10.8 Å². The first-order valence-electron chi connectivity index (χ1n) is 7.94. The molecule has 2 aliphatic heterocycles. The van der Waals surface area contributed by atoms with Gasteiger partial charge in [-0.3, -0.25) is 5.41 Å². The van der Waals surface area contributed by atoms with Crippen LogP contribution in [0.25, 0.3) is 0 Å². The zero-order valence-electron chi connectivity index (χ0n) is 14.0. The van der Waals surface area contributed by atoms with Crippen molar-refractivity contribution in [1.29, 1.82) is 21.2 Å². The third-order valence-electron chi connectivity index (χ3n) is 5.46. The zero-order chi connectivity index (χ0) is 19.3. The number of hydrogen-bond donors (Lipinski definition) is 1. The van der Waals surface area contributed by atoms with Crippen molar-refractivity contribution in [2.45, 2.75) is 32.2 Å². The van der Waals surface area contributed by atoms with Gasteiger partial charge in [-0.2, -0.15) is 15.8 Å². The minimum atomic E-state index is -1.87. The minimum Gasteiger partial charge on any atom is -0.443 e. The maximum absolute atomic E-state index is 10.0. The predicted molar refractivity (Wildman–Crippen MR) is 93.0 cm³/mol. The normalized spacial score (nSPS) is 34.3. The van der Waals surface area contributed by atoms with Crippen LogP contribution in [0.15, 0.2) is 18.2 Å². The van der Waals surface area contributed by atoms with Crippen LogP contribution in [0.3, 0.4) is 0 Å². The highest BCUT2D eigenvalue weighted by atomic mass is 35.5. The molecule has 0 aliphatic carbocycles. The third kappa shape index (κ3) is 1.86. The Bertz CT molecular complexity index is 915. The second-order valence-electron chi connectivity index (χ2n) is 6.41. The quantitative estimate of drug-likeness (QED) is 0.817. The van der Waals surface area contributed by atoms with Crippen LogP contribution in [0.5, 0.6) is 0 Å². The van der Waals surface area contributed by atoms with Crippen LogP contribution in [-0.4, -0.2) is 12.0 Å². The lowest BCUT2D eigenvalue weighted by molar-refractivity contribution is -0.285. The van der Waals surface area contributed by atoms with Crippen LogP contribution >= 0.6 is 23.2 Å². The highest BCUT2D eigenvalue weighted by Gasteiger charge is 2.79. The van der Waals surface area contributed by atoms with Crippen LogP contribution in [0.1, 0.15) is 25.8 Å². The molecular weight excluding hydrogens is 375 g/mol. The van der Waals surface area contributed by atoms with Crippen LogP contribution in [0, 0.1) is 56.2 Å². The van der Waals surface area contributed by atoms with Gasteiger partial charge in [0.1, 0.15) is 0 Å². The van der Waals surface area contributed by atoms with Gasteiger partial charge in [-0.05, 0) is 24.6 Å². The van der Waals surface area contributed by atoms with Gasteiger partial charge in [-0.15, -0.1) is 0 Å². The van der Waals surface area contributed by atoms with Crippen molar-refractivity contribution in [1.82, 2.24) is 0 Å². The number of rotatable bonds is 2. The molecule has 2 fully saturated rings. The first-order valence-corrected chi connectivity index (χ1v) is 8.70. The van der Waals surface area contributed by atoms with Crippen molar-refractivity contribution in [3.8, 4) is 18.2 Å². The van der Waals surface area contributed by atoms with Crippen LogP contribution in [0.4, 0.5) is 0 Å². The number of nitrogens with zero attached hydrogens (tertiary/aromatic N) is 3. The molecule has 6 nitrogen and oxygen atoms in total. The summed E-state index contributed by atoms with van der Waals surface area (Å²) in [6, 6.07) is 10.7. The summed E-state index contributed by atoms with van der Waals surface area (Å²) < 4.78 is 11.9. The molecule has 2 bridgehead atoms. The van der Waals surface area contributed by atoms with Gasteiger partial charge in [0.05, 0.1) is 35.3 Å². The number of halogens is 2. The van der Waals surface area contributed by atoms with E-state index in [0.29, 0.717) is 10.6 Å². The fourth-order valence-corrected chi connectivity index (χ4v) is 4.64. The molecule has 2 aliphatic rings. The summed E-state index contributed by atoms with van der Waals surface area (Å²) in [5.74, 6) is -2.84. The molecule has 2 heterocycles. The van der Waals surface area contributed by atoms with Gasteiger partial charge in [-0.1, -0.05) is 37.0 Å². The maximum atomic E-state index is 10.0. The molecule has 26 heavy (non-hydrogen) atoms. The number of nitriles is 3. The fraction of sp³-hybridized carbons (Fsp3) is 0.444. The van der Waals surface area contributed by atoms with Gasteiger partial charge in [0, 0.05) is 10.6 Å². The Morgan fingerprint density at radius 3 is 2.35 bits per heavy atom. The molecule has 0 saturated carbocycles. The second-order valence-corrected chi connectivity index (χ2v) is 7.25. The van der Waals surface area contributed by atoms with Crippen molar-refractivity contribution < 1.29 is 9.47 Å². The number of benzene rings is 1. The largest absolute Gasteiger partial charge is 0.443 e. The maximum Gasteiger partial charge on any atom is 0.245 e. The molecule has 0 radical (unpaired) electrons. The van der Waals surface area contributed by atoms with Crippen molar-refractivity contribution in [3.05, 3.63) is 33.8 Å². The molecule has 3 rings (SSSR count). The molecule has 0 amide bonds. The molecule has 4 atom stereocenters. The Kier molecular flexibility index (Phi) is 4.17. The first kappa shape index (κ1) is 18.5. The van der Waals surface area contributed by atoms with Gasteiger partial charge in [0.25, 0.3) is 0 Å². The second kappa shape index (κ2) is 5.86. The minimum absolute atomic E-state index is 0.252. The third-order valence-corrected chi connectivity index (χ3v) is 6.01. The van der Waals surface area contributed by atoms with E-state index >= 15 is 0 Å². The molecule has 4 unspecified atom stereocenters. The van der Waals surface area contributed by atoms with E-state index < -0.39 is 34.5 Å². The predicted octanol–water partition coefficient (Wildman–Crippen LogP) is 4.14. The van der Waals surface area contributed by atoms with E-state index in [1.54, 1.807) is 26.0 Å². The smallest absolute Gasteiger partial charge is 0.245 e. The van der Waals surface area contributed by atoms with Crippen LogP contribution in [-0.2, 0) is 15.3 Å². The lowest BCUT2D eigenvalue weighted by atomic mass is 9.54. The van der Waals surface area contributed by atoms with E-state index in [-0.39, 0.29) is 11.4 Å². The fourth-order valence-electron chi connectivity index (χ4n) is 4.10. The van der Waals surface area contributed by atoms with E-state index in [0.717, 1.165) is 0 Å². The van der Waals surface area contributed by atoms with E-state index in [1.165, 1.54) is 6.07 Å². The van der Waals surface area contributed by atoms with E-state index in [9.17, 15) is 15.8 Å². The Morgan fingerprint density at radius 1 is 1.19 bits per heavy atom. The molecule has 1 N–H and O–H groups in total. The lowest BCUT2D eigenvalue weighted by Gasteiger charge is -2.48. The summed E-state index contributed by atoms with van der Waals surface area (Å²) in [5, 5.41) is 38.7. The molecule has 1 aromatic rings.